The first-order valence-electron chi connectivity index (χ1n) is 6.94. The molecule has 0 amide bonds. The lowest BCUT2D eigenvalue weighted by Gasteiger charge is -2.41. The molecule has 1 fully saturated rings. The Morgan fingerprint density at radius 3 is 2.33 bits per heavy atom. The minimum Gasteiger partial charge on any atom is -0.321 e. The molecule has 2 heteroatoms. The summed E-state index contributed by atoms with van der Waals surface area (Å²) in [6, 6.07) is 8.03. The maximum atomic E-state index is 6.65. The third-order valence-electron chi connectivity index (χ3n) is 4.47. The summed E-state index contributed by atoms with van der Waals surface area (Å²) in [6.07, 6.45) is 3.79. The molecule has 1 saturated carbocycles. The quantitative estimate of drug-likeness (QED) is 0.832. The average molecular weight is 266 g/mol. The van der Waals surface area contributed by atoms with Crippen LogP contribution in [0.5, 0.6) is 0 Å². The van der Waals surface area contributed by atoms with Gasteiger partial charge in [0.1, 0.15) is 0 Å². The fourth-order valence-corrected chi connectivity index (χ4v) is 3.69. The lowest BCUT2D eigenvalue weighted by Crippen LogP contribution is -2.44. The van der Waals surface area contributed by atoms with E-state index < -0.39 is 0 Å². The Hall–Kier alpha value is -0.530. The highest BCUT2D eigenvalue weighted by atomic mass is 35.5. The van der Waals surface area contributed by atoms with Crippen molar-refractivity contribution in [2.75, 3.05) is 0 Å². The number of halogens is 1. The summed E-state index contributed by atoms with van der Waals surface area (Å²) in [5.74, 6) is 2.11. The van der Waals surface area contributed by atoms with Gasteiger partial charge < -0.3 is 5.73 Å². The predicted octanol–water partition coefficient (Wildman–Crippen LogP) is 4.59. The number of rotatable bonds is 2. The highest BCUT2D eigenvalue weighted by Gasteiger charge is 2.36. The highest BCUT2D eigenvalue weighted by Crippen LogP contribution is 2.42. The van der Waals surface area contributed by atoms with E-state index in [1.807, 2.05) is 18.2 Å². The van der Waals surface area contributed by atoms with Crippen molar-refractivity contribution in [3.05, 3.63) is 34.9 Å². The molecule has 0 spiro atoms. The molecule has 1 aliphatic carbocycles. The Balaban J connectivity index is 2.24. The second kappa shape index (κ2) is 5.22. The van der Waals surface area contributed by atoms with Crippen LogP contribution >= 0.6 is 11.6 Å². The molecule has 0 saturated heterocycles. The van der Waals surface area contributed by atoms with E-state index in [-0.39, 0.29) is 5.54 Å². The lowest BCUT2D eigenvalue weighted by atomic mass is 9.67. The fraction of sp³-hybridized carbons (Fsp3) is 0.625. The maximum absolute atomic E-state index is 6.65. The number of nitrogens with two attached hydrogens (primary N) is 1. The van der Waals surface area contributed by atoms with Crippen LogP contribution in [0.25, 0.3) is 0 Å². The fourth-order valence-electron chi connectivity index (χ4n) is 3.50. The monoisotopic (exact) mass is 265 g/mol. The molecule has 18 heavy (non-hydrogen) atoms. The molecule has 0 aromatic heterocycles. The minimum atomic E-state index is -0.270. The largest absolute Gasteiger partial charge is 0.321 e. The molecule has 0 bridgehead atoms. The molecule has 1 aliphatic rings. The molecular weight excluding hydrogens is 242 g/mol. The van der Waals surface area contributed by atoms with Crippen LogP contribution in [0.1, 0.15) is 45.6 Å². The first-order chi connectivity index (χ1) is 8.39. The molecule has 2 N–H and O–H groups in total. The molecule has 0 heterocycles. The Morgan fingerprint density at radius 1 is 1.17 bits per heavy atom. The summed E-state index contributed by atoms with van der Waals surface area (Å²) in [4.78, 5) is 0. The van der Waals surface area contributed by atoms with E-state index in [0.717, 1.165) is 16.9 Å². The van der Waals surface area contributed by atoms with Gasteiger partial charge in [0, 0.05) is 10.6 Å². The van der Waals surface area contributed by atoms with E-state index in [4.69, 9.17) is 17.3 Å². The lowest BCUT2D eigenvalue weighted by molar-refractivity contribution is 0.145. The first kappa shape index (κ1) is 13.9. The van der Waals surface area contributed by atoms with Crippen LogP contribution < -0.4 is 5.73 Å². The standard InChI is InChI=1S/C16H24ClN/c1-11-7-12(2)9-14(8-11)16(3,18)13-5-4-6-15(17)10-13/h4-6,10-12,14H,7-9,18H2,1-3H3. The molecule has 0 aliphatic heterocycles. The van der Waals surface area contributed by atoms with Crippen molar-refractivity contribution in [1.82, 2.24) is 0 Å². The summed E-state index contributed by atoms with van der Waals surface area (Å²) in [5.41, 5.74) is 7.55. The van der Waals surface area contributed by atoms with E-state index in [1.165, 1.54) is 24.8 Å². The summed E-state index contributed by atoms with van der Waals surface area (Å²) in [5, 5.41) is 0.779. The minimum absolute atomic E-state index is 0.270. The smallest absolute Gasteiger partial charge is 0.0410 e. The molecule has 1 nitrogen and oxygen atoms in total. The summed E-state index contributed by atoms with van der Waals surface area (Å²) >= 11 is 6.09. The van der Waals surface area contributed by atoms with Crippen LogP contribution in [0.2, 0.25) is 5.02 Å². The summed E-state index contributed by atoms with van der Waals surface area (Å²) in [7, 11) is 0. The van der Waals surface area contributed by atoms with Gasteiger partial charge in [-0.3, -0.25) is 0 Å². The van der Waals surface area contributed by atoms with Crippen LogP contribution in [-0.4, -0.2) is 0 Å². The molecule has 0 radical (unpaired) electrons. The van der Waals surface area contributed by atoms with Crippen molar-refractivity contribution >= 4 is 11.6 Å². The van der Waals surface area contributed by atoms with Gasteiger partial charge in [0.2, 0.25) is 0 Å². The second-order valence-electron chi connectivity index (χ2n) is 6.41. The van der Waals surface area contributed by atoms with Gasteiger partial charge in [-0.05, 0) is 61.6 Å². The van der Waals surface area contributed by atoms with Crippen molar-refractivity contribution in [1.29, 1.82) is 0 Å². The zero-order valence-electron chi connectivity index (χ0n) is 11.6. The molecule has 1 aromatic rings. The van der Waals surface area contributed by atoms with Crippen molar-refractivity contribution < 1.29 is 0 Å². The van der Waals surface area contributed by atoms with Crippen LogP contribution in [0, 0.1) is 17.8 Å². The molecule has 100 valence electrons. The normalized spacial score (nSPS) is 31.9. The van der Waals surface area contributed by atoms with Gasteiger partial charge in [-0.1, -0.05) is 37.6 Å². The Morgan fingerprint density at radius 2 is 1.78 bits per heavy atom. The van der Waals surface area contributed by atoms with Crippen LogP contribution in [0.3, 0.4) is 0 Å². The van der Waals surface area contributed by atoms with Gasteiger partial charge >= 0.3 is 0 Å². The summed E-state index contributed by atoms with van der Waals surface area (Å²) < 4.78 is 0. The van der Waals surface area contributed by atoms with Crippen LogP contribution in [0.4, 0.5) is 0 Å². The van der Waals surface area contributed by atoms with Crippen molar-refractivity contribution in [2.24, 2.45) is 23.5 Å². The van der Waals surface area contributed by atoms with Crippen LogP contribution in [-0.2, 0) is 5.54 Å². The van der Waals surface area contributed by atoms with Gasteiger partial charge in [-0.25, -0.2) is 0 Å². The van der Waals surface area contributed by atoms with Crippen molar-refractivity contribution in [3.8, 4) is 0 Å². The third kappa shape index (κ3) is 2.89. The van der Waals surface area contributed by atoms with E-state index in [2.05, 4.69) is 26.8 Å². The molecule has 2 rings (SSSR count). The van der Waals surface area contributed by atoms with Gasteiger partial charge in [0.25, 0.3) is 0 Å². The van der Waals surface area contributed by atoms with Gasteiger partial charge in [-0.15, -0.1) is 0 Å². The predicted molar refractivity (Wildman–Crippen MR) is 78.7 cm³/mol. The van der Waals surface area contributed by atoms with Gasteiger partial charge in [-0.2, -0.15) is 0 Å². The first-order valence-corrected chi connectivity index (χ1v) is 7.32. The molecule has 3 atom stereocenters. The maximum Gasteiger partial charge on any atom is 0.0410 e. The SMILES string of the molecule is CC1CC(C)CC(C(C)(N)c2cccc(Cl)c2)C1. The third-order valence-corrected chi connectivity index (χ3v) is 4.71. The Kier molecular flexibility index (Phi) is 4.03. The zero-order chi connectivity index (χ0) is 13.3. The highest BCUT2D eigenvalue weighted by molar-refractivity contribution is 6.30. The van der Waals surface area contributed by atoms with Crippen molar-refractivity contribution in [2.45, 2.75) is 45.6 Å². The van der Waals surface area contributed by atoms with Gasteiger partial charge in [0.05, 0.1) is 0 Å². The second-order valence-corrected chi connectivity index (χ2v) is 6.84. The zero-order valence-corrected chi connectivity index (χ0v) is 12.4. The Bertz CT molecular complexity index is 403. The molecule has 3 unspecified atom stereocenters. The number of hydrogen-bond acceptors (Lipinski definition) is 1. The van der Waals surface area contributed by atoms with E-state index in [9.17, 15) is 0 Å². The molecular formula is C16H24ClN. The van der Waals surface area contributed by atoms with Crippen LogP contribution in [0.15, 0.2) is 24.3 Å². The van der Waals surface area contributed by atoms with E-state index in [0.29, 0.717) is 5.92 Å². The van der Waals surface area contributed by atoms with Gasteiger partial charge in [0.15, 0.2) is 0 Å². The average Bonchev–Trinajstić information content (AvgIpc) is 2.27. The number of benzene rings is 1. The Labute approximate surface area is 116 Å². The van der Waals surface area contributed by atoms with E-state index >= 15 is 0 Å². The van der Waals surface area contributed by atoms with Crippen molar-refractivity contribution in [3.63, 3.8) is 0 Å². The van der Waals surface area contributed by atoms with E-state index in [1.54, 1.807) is 0 Å². The number of hydrogen-bond donors (Lipinski definition) is 1. The summed E-state index contributed by atoms with van der Waals surface area (Å²) in [6.45, 7) is 6.85. The molecule has 1 aromatic carbocycles. The topological polar surface area (TPSA) is 26.0 Å².